The van der Waals surface area contributed by atoms with Crippen molar-refractivity contribution >= 4 is 39.1 Å². The third-order valence-electron chi connectivity index (χ3n) is 3.68. The van der Waals surface area contributed by atoms with Crippen molar-refractivity contribution in [2.24, 2.45) is 0 Å². The van der Waals surface area contributed by atoms with Gasteiger partial charge < -0.3 is 4.90 Å². The second-order valence-corrected chi connectivity index (χ2v) is 6.47. The molecule has 3 rings (SSSR count). The van der Waals surface area contributed by atoms with E-state index >= 15 is 0 Å². The Kier molecular flexibility index (Phi) is 2.78. The molecule has 0 saturated carbocycles. The lowest BCUT2D eigenvalue weighted by atomic mass is 9.88. The summed E-state index contributed by atoms with van der Waals surface area (Å²) in [4.78, 5) is 2.82. The molecule has 1 aliphatic heterocycles. The van der Waals surface area contributed by atoms with E-state index < -0.39 is 10.1 Å². The molecule has 1 aromatic carbocycles. The minimum Gasteiger partial charge on any atom is -0.336 e. The number of nitrogens with zero attached hydrogens (tertiary/aromatic N) is 1. The average Bonchev–Trinajstić information content (AvgIpc) is 2.63. The van der Waals surface area contributed by atoms with Gasteiger partial charge in [-0.25, -0.2) is 0 Å². The van der Waals surface area contributed by atoms with Crippen LogP contribution in [0, 0.1) is 0 Å². The maximum atomic E-state index is 11.5. The van der Waals surface area contributed by atoms with Gasteiger partial charge in [-0.2, -0.15) is 8.42 Å². The summed E-state index contributed by atoms with van der Waals surface area (Å²) >= 11 is 5.48. The monoisotopic (exact) mass is 295 g/mol. The van der Waals surface area contributed by atoms with E-state index in [9.17, 15) is 13.0 Å². The lowest BCUT2D eigenvalue weighted by molar-refractivity contribution is 0.483. The zero-order valence-electron chi connectivity index (χ0n) is 10.3. The van der Waals surface area contributed by atoms with Gasteiger partial charge in [-0.1, -0.05) is 24.4 Å². The molecule has 1 N–H and O–H groups in total. The Labute approximate surface area is 117 Å². The third-order valence-corrected chi connectivity index (χ3v) is 5.09. The van der Waals surface area contributed by atoms with Crippen molar-refractivity contribution in [3.05, 3.63) is 29.3 Å². The van der Waals surface area contributed by atoms with Gasteiger partial charge in [-0.05, 0) is 31.0 Å². The highest BCUT2D eigenvalue weighted by atomic mass is 32.2. The van der Waals surface area contributed by atoms with Crippen LogP contribution in [0.2, 0.25) is 0 Å². The lowest BCUT2D eigenvalue weighted by Gasteiger charge is -2.17. The predicted molar refractivity (Wildman–Crippen MR) is 78.3 cm³/mol. The van der Waals surface area contributed by atoms with E-state index in [-0.39, 0.29) is 10.8 Å². The van der Waals surface area contributed by atoms with E-state index in [2.05, 4.69) is 0 Å². The second-order valence-electron chi connectivity index (χ2n) is 4.66. The SMILES string of the molecule is CCN1C(=S)C2CC=Cc3c(S(=O)(=O)O)ccc1c32. The van der Waals surface area contributed by atoms with Crippen molar-refractivity contribution in [2.75, 3.05) is 11.4 Å². The molecule has 1 unspecified atom stereocenters. The normalized spacial score (nSPS) is 20.8. The quantitative estimate of drug-likeness (QED) is 0.671. The molecule has 0 bridgehead atoms. The largest absolute Gasteiger partial charge is 0.336 e. The number of likely N-dealkylation sites (N-methyl/N-ethyl adjacent to an activating group) is 1. The fourth-order valence-corrected chi connectivity index (χ4v) is 4.04. The van der Waals surface area contributed by atoms with Crippen molar-refractivity contribution in [3.8, 4) is 0 Å². The van der Waals surface area contributed by atoms with Gasteiger partial charge in [0.05, 0.1) is 4.99 Å². The Morgan fingerprint density at radius 2 is 2.21 bits per heavy atom. The molecule has 0 saturated heterocycles. The number of hydrogen-bond acceptors (Lipinski definition) is 3. The van der Waals surface area contributed by atoms with Crippen molar-refractivity contribution in [2.45, 2.75) is 24.2 Å². The summed E-state index contributed by atoms with van der Waals surface area (Å²) in [5, 5.41) is 0. The van der Waals surface area contributed by atoms with Crippen LogP contribution in [0.1, 0.15) is 30.4 Å². The number of rotatable bonds is 2. The van der Waals surface area contributed by atoms with Crippen molar-refractivity contribution in [1.29, 1.82) is 0 Å². The Morgan fingerprint density at radius 1 is 1.47 bits per heavy atom. The highest BCUT2D eigenvalue weighted by Crippen LogP contribution is 2.46. The zero-order valence-corrected chi connectivity index (χ0v) is 12.0. The molecule has 1 aromatic rings. The number of benzene rings is 1. The minimum atomic E-state index is -4.21. The topological polar surface area (TPSA) is 57.6 Å². The molecule has 0 amide bonds. The first kappa shape index (κ1) is 12.8. The molecule has 0 radical (unpaired) electrons. The summed E-state index contributed by atoms with van der Waals surface area (Å²) in [5.41, 5.74) is 2.48. The van der Waals surface area contributed by atoms with Crippen LogP contribution in [0.4, 0.5) is 5.69 Å². The zero-order chi connectivity index (χ0) is 13.8. The van der Waals surface area contributed by atoms with Crippen LogP contribution in [0.25, 0.3) is 6.08 Å². The summed E-state index contributed by atoms with van der Waals surface area (Å²) in [6.45, 7) is 2.77. The van der Waals surface area contributed by atoms with Crippen molar-refractivity contribution in [1.82, 2.24) is 0 Å². The first-order valence-corrected chi connectivity index (χ1v) is 7.92. The van der Waals surface area contributed by atoms with Crippen LogP contribution in [-0.4, -0.2) is 24.5 Å². The maximum Gasteiger partial charge on any atom is 0.295 e. The molecule has 0 aromatic heterocycles. The van der Waals surface area contributed by atoms with Crippen LogP contribution in [0.15, 0.2) is 23.1 Å². The van der Waals surface area contributed by atoms with Gasteiger partial charge in [0.25, 0.3) is 10.1 Å². The number of hydrogen-bond donors (Lipinski definition) is 1. The molecular weight excluding hydrogens is 282 g/mol. The first-order chi connectivity index (χ1) is 8.95. The Balaban J connectivity index is 2.33. The molecule has 1 heterocycles. The first-order valence-electron chi connectivity index (χ1n) is 6.07. The van der Waals surface area contributed by atoms with Gasteiger partial charge in [-0.15, -0.1) is 0 Å². The Hall–Kier alpha value is -1.24. The molecule has 1 atom stereocenters. The summed E-state index contributed by atoms with van der Waals surface area (Å²) in [6, 6.07) is 3.18. The average molecular weight is 295 g/mol. The van der Waals surface area contributed by atoms with Crippen LogP contribution < -0.4 is 4.90 Å². The van der Waals surface area contributed by atoms with Gasteiger partial charge in [0, 0.05) is 23.7 Å². The fourth-order valence-electron chi connectivity index (χ4n) is 2.90. The third kappa shape index (κ3) is 1.74. The van der Waals surface area contributed by atoms with Gasteiger partial charge in [0.2, 0.25) is 0 Å². The van der Waals surface area contributed by atoms with E-state index in [1.807, 2.05) is 17.9 Å². The van der Waals surface area contributed by atoms with Gasteiger partial charge in [0.1, 0.15) is 4.90 Å². The predicted octanol–water partition coefficient (Wildman–Crippen LogP) is 2.60. The smallest absolute Gasteiger partial charge is 0.295 e. The molecular formula is C13H13NO3S2. The molecule has 19 heavy (non-hydrogen) atoms. The summed E-state index contributed by atoms with van der Waals surface area (Å²) < 4.78 is 32.2. The standard InChI is InChI=1S/C13H13NO3S2/c1-2-14-10-6-7-11(19(15,16)17)8-4-3-5-9(12(8)10)13(14)18/h3-4,6-7,9H,2,5H2,1H3,(H,15,16,17). The van der Waals surface area contributed by atoms with E-state index in [1.165, 1.54) is 6.07 Å². The Morgan fingerprint density at radius 3 is 2.84 bits per heavy atom. The molecule has 1 aliphatic carbocycles. The van der Waals surface area contributed by atoms with Crippen LogP contribution in [0.5, 0.6) is 0 Å². The van der Waals surface area contributed by atoms with E-state index in [1.54, 1.807) is 12.1 Å². The number of allylic oxidation sites excluding steroid dienone is 1. The van der Waals surface area contributed by atoms with Crippen LogP contribution >= 0.6 is 12.2 Å². The molecule has 4 nitrogen and oxygen atoms in total. The fraction of sp³-hybridized carbons (Fsp3) is 0.308. The maximum absolute atomic E-state index is 11.5. The van der Waals surface area contributed by atoms with Crippen LogP contribution in [0.3, 0.4) is 0 Å². The second kappa shape index (κ2) is 4.13. The molecule has 0 fully saturated rings. The van der Waals surface area contributed by atoms with Crippen molar-refractivity contribution < 1.29 is 13.0 Å². The van der Waals surface area contributed by atoms with Gasteiger partial charge in [0.15, 0.2) is 0 Å². The molecule has 6 heteroatoms. The molecule has 0 spiro atoms. The van der Waals surface area contributed by atoms with Gasteiger partial charge in [-0.3, -0.25) is 4.55 Å². The minimum absolute atomic E-state index is 0.0343. The lowest BCUT2D eigenvalue weighted by Crippen LogP contribution is -2.26. The highest BCUT2D eigenvalue weighted by Gasteiger charge is 2.37. The summed E-state index contributed by atoms with van der Waals surface area (Å²) in [6.07, 6.45) is 4.46. The summed E-state index contributed by atoms with van der Waals surface area (Å²) in [7, 11) is -4.21. The number of thiocarbonyl (C=S) groups is 1. The van der Waals surface area contributed by atoms with E-state index in [0.29, 0.717) is 5.56 Å². The van der Waals surface area contributed by atoms with Gasteiger partial charge >= 0.3 is 0 Å². The van der Waals surface area contributed by atoms with E-state index in [4.69, 9.17) is 12.2 Å². The highest BCUT2D eigenvalue weighted by molar-refractivity contribution is 7.86. The number of anilines is 1. The molecule has 100 valence electrons. The summed E-state index contributed by atoms with van der Waals surface area (Å²) in [5.74, 6) is 0.0478. The van der Waals surface area contributed by atoms with Crippen molar-refractivity contribution in [3.63, 3.8) is 0 Å². The Bertz CT molecular complexity index is 707. The van der Waals surface area contributed by atoms with E-state index in [0.717, 1.165) is 29.2 Å². The van der Waals surface area contributed by atoms with Crippen LogP contribution in [-0.2, 0) is 10.1 Å². The molecule has 2 aliphatic rings.